The second-order valence-electron chi connectivity index (χ2n) is 3.22. The first-order valence-corrected chi connectivity index (χ1v) is 5.59. The zero-order valence-electron chi connectivity index (χ0n) is 9.20. The number of carbonyl (C=O) groups excluding carboxylic acids is 1. The third-order valence-electron chi connectivity index (χ3n) is 2.07. The SMILES string of the molecule is COc1n[nH]c(NC(=O)c2c(Cl)cccc2Cl)n1. The smallest absolute Gasteiger partial charge is 0.336 e. The Hall–Kier alpha value is -1.79. The minimum absolute atomic E-state index is 0.121. The summed E-state index contributed by atoms with van der Waals surface area (Å²) in [5, 5.41) is 9.17. The Kier molecular flexibility index (Phi) is 3.69. The zero-order valence-corrected chi connectivity index (χ0v) is 10.7. The van der Waals surface area contributed by atoms with Gasteiger partial charge in [-0.2, -0.15) is 4.98 Å². The molecule has 6 nitrogen and oxygen atoms in total. The van der Waals surface area contributed by atoms with Crippen molar-refractivity contribution >= 4 is 35.1 Å². The van der Waals surface area contributed by atoms with Gasteiger partial charge in [0.1, 0.15) is 0 Å². The second-order valence-corrected chi connectivity index (χ2v) is 4.04. The molecule has 18 heavy (non-hydrogen) atoms. The molecule has 1 aromatic heterocycles. The molecule has 0 aliphatic rings. The molecule has 0 aliphatic heterocycles. The van der Waals surface area contributed by atoms with Gasteiger partial charge in [0.2, 0.25) is 5.95 Å². The molecule has 2 aromatic rings. The predicted molar refractivity (Wildman–Crippen MR) is 67.3 cm³/mol. The average molecular weight is 287 g/mol. The Morgan fingerprint density at radius 2 is 2.06 bits per heavy atom. The van der Waals surface area contributed by atoms with Gasteiger partial charge < -0.3 is 4.74 Å². The van der Waals surface area contributed by atoms with E-state index in [1.54, 1.807) is 18.2 Å². The highest BCUT2D eigenvalue weighted by Gasteiger charge is 2.16. The highest BCUT2D eigenvalue weighted by atomic mass is 35.5. The number of hydrogen-bond acceptors (Lipinski definition) is 4. The fourth-order valence-electron chi connectivity index (χ4n) is 1.28. The van der Waals surface area contributed by atoms with E-state index in [0.29, 0.717) is 0 Å². The average Bonchev–Trinajstić information content (AvgIpc) is 2.76. The summed E-state index contributed by atoms with van der Waals surface area (Å²) in [5.74, 6) is -0.336. The fraction of sp³-hybridized carbons (Fsp3) is 0.100. The molecule has 94 valence electrons. The molecular formula is C10H8Cl2N4O2. The lowest BCUT2D eigenvalue weighted by atomic mass is 10.2. The molecule has 1 amide bonds. The number of halogens is 2. The largest absolute Gasteiger partial charge is 0.466 e. The molecule has 0 atom stereocenters. The van der Waals surface area contributed by atoms with E-state index in [1.165, 1.54) is 7.11 Å². The highest BCUT2D eigenvalue weighted by molar-refractivity contribution is 6.40. The normalized spacial score (nSPS) is 10.2. The number of methoxy groups -OCH3 is 1. The van der Waals surface area contributed by atoms with E-state index >= 15 is 0 Å². The summed E-state index contributed by atoms with van der Waals surface area (Å²) in [5.41, 5.74) is 0.177. The van der Waals surface area contributed by atoms with Crippen molar-refractivity contribution in [1.82, 2.24) is 15.2 Å². The van der Waals surface area contributed by atoms with Gasteiger partial charge in [-0.25, -0.2) is 5.10 Å². The number of ether oxygens (including phenoxy) is 1. The van der Waals surface area contributed by atoms with Crippen molar-refractivity contribution in [3.8, 4) is 6.01 Å². The quantitative estimate of drug-likeness (QED) is 0.908. The molecule has 0 saturated carbocycles. The van der Waals surface area contributed by atoms with Gasteiger partial charge in [0.25, 0.3) is 5.91 Å². The number of benzene rings is 1. The molecule has 8 heteroatoms. The van der Waals surface area contributed by atoms with E-state index in [0.717, 1.165) is 0 Å². The second kappa shape index (κ2) is 5.24. The Balaban J connectivity index is 2.22. The number of amides is 1. The molecule has 0 bridgehead atoms. The zero-order chi connectivity index (χ0) is 13.1. The lowest BCUT2D eigenvalue weighted by molar-refractivity contribution is 0.102. The lowest BCUT2D eigenvalue weighted by Gasteiger charge is -2.05. The van der Waals surface area contributed by atoms with Gasteiger partial charge in [0.15, 0.2) is 0 Å². The van der Waals surface area contributed by atoms with Crippen LogP contribution < -0.4 is 10.1 Å². The molecule has 0 unspecified atom stereocenters. The first-order chi connectivity index (χ1) is 8.61. The molecule has 2 N–H and O–H groups in total. The van der Waals surface area contributed by atoms with Crippen molar-refractivity contribution < 1.29 is 9.53 Å². The summed E-state index contributed by atoms with van der Waals surface area (Å²) in [6.07, 6.45) is 0. The summed E-state index contributed by atoms with van der Waals surface area (Å²) in [4.78, 5) is 15.8. The van der Waals surface area contributed by atoms with Gasteiger partial charge in [-0.15, -0.1) is 5.10 Å². The van der Waals surface area contributed by atoms with Crippen LogP contribution in [-0.4, -0.2) is 28.2 Å². The van der Waals surface area contributed by atoms with E-state index in [2.05, 4.69) is 20.5 Å². The molecular weight excluding hydrogens is 279 g/mol. The third kappa shape index (κ3) is 2.55. The standard InChI is InChI=1S/C10H8Cl2N4O2/c1-18-10-14-9(15-16-10)13-8(17)7-5(11)3-2-4-6(7)12/h2-4H,1H3,(H2,13,14,15,16,17). The minimum Gasteiger partial charge on any atom is -0.466 e. The van der Waals surface area contributed by atoms with Crippen LogP contribution in [0.2, 0.25) is 10.0 Å². The van der Waals surface area contributed by atoms with E-state index < -0.39 is 5.91 Å². The van der Waals surface area contributed by atoms with Crippen molar-refractivity contribution in [1.29, 1.82) is 0 Å². The van der Waals surface area contributed by atoms with Crippen LogP contribution in [0.3, 0.4) is 0 Å². The van der Waals surface area contributed by atoms with Crippen molar-refractivity contribution in [2.45, 2.75) is 0 Å². The fourth-order valence-corrected chi connectivity index (χ4v) is 1.85. The Morgan fingerprint density at radius 3 is 2.61 bits per heavy atom. The molecule has 1 heterocycles. The molecule has 0 spiro atoms. The Bertz CT molecular complexity index is 565. The first kappa shape index (κ1) is 12.7. The van der Waals surface area contributed by atoms with Crippen LogP contribution in [0.4, 0.5) is 5.95 Å². The van der Waals surface area contributed by atoms with Crippen LogP contribution in [0.1, 0.15) is 10.4 Å². The van der Waals surface area contributed by atoms with Crippen LogP contribution >= 0.6 is 23.2 Å². The van der Waals surface area contributed by atoms with Crippen LogP contribution in [0, 0.1) is 0 Å². The number of nitrogens with one attached hydrogen (secondary N) is 2. The van der Waals surface area contributed by atoms with Crippen LogP contribution in [0.5, 0.6) is 6.01 Å². The number of rotatable bonds is 3. The summed E-state index contributed by atoms with van der Waals surface area (Å²) in [6.45, 7) is 0. The maximum Gasteiger partial charge on any atom is 0.336 e. The molecule has 0 radical (unpaired) electrons. The van der Waals surface area contributed by atoms with Gasteiger partial charge in [-0.05, 0) is 12.1 Å². The third-order valence-corrected chi connectivity index (χ3v) is 2.70. The monoisotopic (exact) mass is 286 g/mol. The summed E-state index contributed by atoms with van der Waals surface area (Å²) >= 11 is 11.8. The van der Waals surface area contributed by atoms with Gasteiger partial charge in [-0.1, -0.05) is 29.3 Å². The molecule has 1 aromatic carbocycles. The van der Waals surface area contributed by atoms with E-state index in [4.69, 9.17) is 27.9 Å². The maximum absolute atomic E-state index is 11.9. The van der Waals surface area contributed by atoms with Crippen molar-refractivity contribution in [2.24, 2.45) is 0 Å². The highest BCUT2D eigenvalue weighted by Crippen LogP contribution is 2.24. The van der Waals surface area contributed by atoms with Crippen molar-refractivity contribution in [3.05, 3.63) is 33.8 Å². The van der Waals surface area contributed by atoms with Gasteiger partial charge in [0, 0.05) is 0 Å². The number of aromatic nitrogens is 3. The van der Waals surface area contributed by atoms with E-state index in [9.17, 15) is 4.79 Å². The maximum atomic E-state index is 11.9. The predicted octanol–water partition coefficient (Wildman–Crippen LogP) is 2.37. The number of carbonyl (C=O) groups is 1. The number of nitrogens with zero attached hydrogens (tertiary/aromatic N) is 2. The first-order valence-electron chi connectivity index (χ1n) is 4.83. The topological polar surface area (TPSA) is 79.9 Å². The number of hydrogen-bond donors (Lipinski definition) is 2. The molecule has 0 aliphatic carbocycles. The lowest BCUT2D eigenvalue weighted by Crippen LogP contribution is -2.14. The Labute approximate surface area is 112 Å². The van der Waals surface area contributed by atoms with Crippen LogP contribution in [0.25, 0.3) is 0 Å². The summed E-state index contributed by atoms with van der Waals surface area (Å²) < 4.78 is 4.77. The van der Waals surface area contributed by atoms with Crippen LogP contribution in [0.15, 0.2) is 18.2 Å². The van der Waals surface area contributed by atoms with E-state index in [1.807, 2.05) is 0 Å². The number of anilines is 1. The summed E-state index contributed by atoms with van der Waals surface area (Å²) in [7, 11) is 1.42. The Morgan fingerprint density at radius 1 is 1.39 bits per heavy atom. The number of aromatic amines is 1. The van der Waals surface area contributed by atoms with Gasteiger partial charge in [0.05, 0.1) is 22.7 Å². The number of H-pyrrole nitrogens is 1. The van der Waals surface area contributed by atoms with Crippen molar-refractivity contribution in [3.63, 3.8) is 0 Å². The molecule has 0 fully saturated rings. The van der Waals surface area contributed by atoms with Gasteiger partial charge >= 0.3 is 6.01 Å². The molecule has 2 rings (SSSR count). The summed E-state index contributed by atoms with van der Waals surface area (Å²) in [6, 6.07) is 4.92. The van der Waals surface area contributed by atoms with Crippen LogP contribution in [-0.2, 0) is 0 Å². The van der Waals surface area contributed by atoms with Gasteiger partial charge in [-0.3, -0.25) is 10.1 Å². The minimum atomic E-state index is -0.482. The van der Waals surface area contributed by atoms with Crippen molar-refractivity contribution in [2.75, 3.05) is 12.4 Å². The van der Waals surface area contributed by atoms with E-state index in [-0.39, 0.29) is 27.6 Å². The molecule has 0 saturated heterocycles.